The van der Waals surface area contributed by atoms with Gasteiger partial charge in [0.05, 0.1) is 24.5 Å². The number of aliphatic hydroxyl groups is 1. The van der Waals surface area contributed by atoms with Gasteiger partial charge in [-0.15, -0.1) is 0 Å². The van der Waals surface area contributed by atoms with Crippen LogP contribution in [0.5, 0.6) is 0 Å². The van der Waals surface area contributed by atoms with Crippen LogP contribution in [0.3, 0.4) is 0 Å². The SMILES string of the molecule is OC(Cc1nc(C2CC3CCC2O3)no1)C(F)F. The summed E-state index contributed by atoms with van der Waals surface area (Å²) in [6.45, 7) is 0. The fourth-order valence-electron chi connectivity index (χ4n) is 2.68. The summed E-state index contributed by atoms with van der Waals surface area (Å²) in [5, 5.41) is 12.9. The van der Waals surface area contributed by atoms with Crippen molar-refractivity contribution in [1.82, 2.24) is 10.1 Å². The lowest BCUT2D eigenvalue weighted by molar-refractivity contribution is -0.00754. The van der Waals surface area contributed by atoms with Gasteiger partial charge in [-0.1, -0.05) is 5.16 Å². The minimum Gasteiger partial charge on any atom is -0.387 e. The van der Waals surface area contributed by atoms with Crippen LogP contribution in [0.25, 0.3) is 0 Å². The molecule has 1 N–H and O–H groups in total. The Morgan fingerprint density at radius 1 is 1.39 bits per heavy atom. The molecule has 3 heterocycles. The van der Waals surface area contributed by atoms with E-state index in [9.17, 15) is 8.78 Å². The van der Waals surface area contributed by atoms with E-state index in [-0.39, 0.29) is 30.4 Å². The highest BCUT2D eigenvalue weighted by atomic mass is 19.3. The number of halogens is 2. The average molecular weight is 260 g/mol. The van der Waals surface area contributed by atoms with E-state index >= 15 is 0 Å². The molecule has 4 atom stereocenters. The van der Waals surface area contributed by atoms with E-state index in [4.69, 9.17) is 14.4 Å². The van der Waals surface area contributed by atoms with Gasteiger partial charge in [0, 0.05) is 0 Å². The Kier molecular flexibility index (Phi) is 3.03. The van der Waals surface area contributed by atoms with Gasteiger partial charge in [-0.25, -0.2) is 8.78 Å². The first-order valence-corrected chi connectivity index (χ1v) is 6.07. The van der Waals surface area contributed by atoms with Gasteiger partial charge < -0.3 is 14.4 Å². The summed E-state index contributed by atoms with van der Waals surface area (Å²) in [5.74, 6) is 0.671. The number of hydrogen-bond acceptors (Lipinski definition) is 5. The van der Waals surface area contributed by atoms with Crippen molar-refractivity contribution in [3.05, 3.63) is 11.7 Å². The zero-order valence-corrected chi connectivity index (χ0v) is 9.63. The molecule has 0 radical (unpaired) electrons. The Hall–Kier alpha value is -1.08. The summed E-state index contributed by atoms with van der Waals surface area (Å²) < 4.78 is 34.9. The number of fused-ring (bicyclic) bond motifs is 2. The quantitative estimate of drug-likeness (QED) is 0.883. The van der Waals surface area contributed by atoms with Crippen molar-refractivity contribution < 1.29 is 23.1 Å². The Morgan fingerprint density at radius 3 is 2.83 bits per heavy atom. The molecule has 18 heavy (non-hydrogen) atoms. The smallest absolute Gasteiger partial charge is 0.264 e. The zero-order valence-electron chi connectivity index (χ0n) is 9.63. The molecule has 5 nitrogen and oxygen atoms in total. The number of aromatic nitrogens is 2. The molecule has 2 bridgehead atoms. The molecule has 0 spiro atoms. The van der Waals surface area contributed by atoms with Crippen molar-refractivity contribution in [3.8, 4) is 0 Å². The highest BCUT2D eigenvalue weighted by molar-refractivity contribution is 5.07. The Bertz CT molecular complexity index is 426. The van der Waals surface area contributed by atoms with Gasteiger partial charge in [-0.3, -0.25) is 0 Å². The maximum absolute atomic E-state index is 12.2. The van der Waals surface area contributed by atoms with Gasteiger partial charge in [-0.05, 0) is 19.3 Å². The van der Waals surface area contributed by atoms with E-state index in [1.54, 1.807) is 0 Å². The van der Waals surface area contributed by atoms with Crippen molar-refractivity contribution in [2.45, 2.75) is 56.3 Å². The van der Waals surface area contributed by atoms with E-state index in [0.717, 1.165) is 19.3 Å². The van der Waals surface area contributed by atoms with Gasteiger partial charge in [0.1, 0.15) is 6.10 Å². The van der Waals surface area contributed by atoms with E-state index in [0.29, 0.717) is 5.82 Å². The molecule has 7 heteroatoms. The molecule has 100 valence electrons. The zero-order chi connectivity index (χ0) is 12.7. The van der Waals surface area contributed by atoms with Crippen molar-refractivity contribution in [1.29, 1.82) is 0 Å². The van der Waals surface area contributed by atoms with Crippen LogP contribution in [0.2, 0.25) is 0 Å². The van der Waals surface area contributed by atoms with Crippen LogP contribution < -0.4 is 0 Å². The lowest BCUT2D eigenvalue weighted by atomic mass is 9.89. The van der Waals surface area contributed by atoms with Crippen LogP contribution >= 0.6 is 0 Å². The highest BCUT2D eigenvalue weighted by Gasteiger charge is 2.43. The monoisotopic (exact) mass is 260 g/mol. The molecule has 2 saturated heterocycles. The molecular formula is C11H14F2N2O3. The van der Waals surface area contributed by atoms with E-state index in [2.05, 4.69) is 10.1 Å². The fraction of sp³-hybridized carbons (Fsp3) is 0.818. The maximum Gasteiger partial charge on any atom is 0.264 e. The minimum atomic E-state index is -2.80. The number of ether oxygens (including phenoxy) is 1. The first-order valence-electron chi connectivity index (χ1n) is 6.07. The Balaban J connectivity index is 1.66. The fourth-order valence-corrected chi connectivity index (χ4v) is 2.68. The number of nitrogens with zero attached hydrogens (tertiary/aromatic N) is 2. The molecule has 0 amide bonds. The van der Waals surface area contributed by atoms with Gasteiger partial charge >= 0.3 is 0 Å². The number of aliphatic hydroxyl groups excluding tert-OH is 1. The summed E-state index contributed by atoms with van der Waals surface area (Å²) in [6.07, 6.45) is -1.56. The molecule has 4 unspecified atom stereocenters. The molecule has 0 aromatic carbocycles. The van der Waals surface area contributed by atoms with E-state index < -0.39 is 12.5 Å². The topological polar surface area (TPSA) is 68.4 Å². The van der Waals surface area contributed by atoms with Crippen LogP contribution in [0.1, 0.15) is 36.9 Å². The molecule has 0 saturated carbocycles. The summed E-state index contributed by atoms with van der Waals surface area (Å²) in [5.41, 5.74) is 0. The Labute approximate surface area is 102 Å². The minimum absolute atomic E-state index is 0.0561. The van der Waals surface area contributed by atoms with Crippen molar-refractivity contribution in [2.24, 2.45) is 0 Å². The second kappa shape index (κ2) is 4.55. The molecule has 2 fully saturated rings. The molecule has 1 aromatic heterocycles. The Morgan fingerprint density at radius 2 is 2.22 bits per heavy atom. The molecular weight excluding hydrogens is 246 g/mol. The summed E-state index contributed by atoms with van der Waals surface area (Å²) >= 11 is 0. The summed E-state index contributed by atoms with van der Waals surface area (Å²) in [4.78, 5) is 4.08. The molecule has 2 aliphatic heterocycles. The molecule has 0 aliphatic carbocycles. The highest BCUT2D eigenvalue weighted by Crippen LogP contribution is 2.43. The number of hydrogen-bond donors (Lipinski definition) is 1. The van der Waals surface area contributed by atoms with E-state index in [1.165, 1.54) is 0 Å². The van der Waals surface area contributed by atoms with Crippen LogP contribution in [-0.2, 0) is 11.2 Å². The summed E-state index contributed by atoms with van der Waals surface area (Å²) in [6, 6.07) is 0. The maximum atomic E-state index is 12.2. The predicted molar refractivity (Wildman–Crippen MR) is 55.3 cm³/mol. The molecule has 2 aliphatic rings. The first-order chi connectivity index (χ1) is 8.63. The second-order valence-electron chi connectivity index (χ2n) is 4.87. The van der Waals surface area contributed by atoms with Crippen LogP contribution in [0.4, 0.5) is 8.78 Å². The largest absolute Gasteiger partial charge is 0.387 e. The van der Waals surface area contributed by atoms with E-state index in [1.807, 2.05) is 0 Å². The molecule has 1 aromatic rings. The van der Waals surface area contributed by atoms with Crippen LogP contribution in [0, 0.1) is 0 Å². The standard InChI is InChI=1S/C11H14F2N2O3/c12-10(13)7(16)4-9-14-11(15-18-9)6-3-5-1-2-8(6)17-5/h5-8,10,16H,1-4H2. The average Bonchev–Trinajstić information content (AvgIpc) is 3.03. The third kappa shape index (κ3) is 2.12. The van der Waals surface area contributed by atoms with Crippen molar-refractivity contribution >= 4 is 0 Å². The second-order valence-corrected chi connectivity index (χ2v) is 4.87. The van der Waals surface area contributed by atoms with Gasteiger partial charge in [0.2, 0.25) is 5.89 Å². The van der Waals surface area contributed by atoms with Crippen LogP contribution in [-0.4, -0.2) is 40.0 Å². The van der Waals surface area contributed by atoms with Gasteiger partial charge in [0.25, 0.3) is 6.43 Å². The van der Waals surface area contributed by atoms with Gasteiger partial charge in [-0.2, -0.15) is 4.98 Å². The lowest BCUT2D eigenvalue weighted by Crippen LogP contribution is -2.20. The van der Waals surface area contributed by atoms with Crippen molar-refractivity contribution in [2.75, 3.05) is 0 Å². The molecule has 3 rings (SSSR count). The third-order valence-corrected chi connectivity index (χ3v) is 3.60. The normalized spacial score (nSPS) is 32.3. The number of alkyl halides is 2. The first kappa shape index (κ1) is 12.0. The third-order valence-electron chi connectivity index (χ3n) is 3.60. The van der Waals surface area contributed by atoms with Crippen molar-refractivity contribution in [3.63, 3.8) is 0 Å². The predicted octanol–water partition coefficient (Wildman–Crippen LogP) is 1.27. The van der Waals surface area contributed by atoms with Gasteiger partial charge in [0.15, 0.2) is 5.82 Å². The van der Waals surface area contributed by atoms with Crippen LogP contribution in [0.15, 0.2) is 4.52 Å². The lowest BCUT2D eigenvalue weighted by Gasteiger charge is -2.13. The number of rotatable bonds is 4. The summed E-state index contributed by atoms with van der Waals surface area (Å²) in [7, 11) is 0.